The van der Waals surface area contributed by atoms with Gasteiger partial charge in [-0.25, -0.2) is 9.97 Å². The summed E-state index contributed by atoms with van der Waals surface area (Å²) < 4.78 is 7.23. The summed E-state index contributed by atoms with van der Waals surface area (Å²) in [6.07, 6.45) is -0.218. The number of aliphatic hydroxyl groups is 2. The third-order valence-electron chi connectivity index (χ3n) is 3.32. The van der Waals surface area contributed by atoms with Crippen molar-refractivity contribution in [1.29, 1.82) is 0 Å². The van der Waals surface area contributed by atoms with Crippen LogP contribution in [-0.4, -0.2) is 60.7 Å². The molecule has 20 heavy (non-hydrogen) atoms. The van der Waals surface area contributed by atoms with E-state index in [0.29, 0.717) is 23.5 Å². The number of nitrogens with zero attached hydrogens (tertiary/aromatic N) is 4. The number of anilines is 1. The van der Waals surface area contributed by atoms with Gasteiger partial charge in [0.1, 0.15) is 17.8 Å². The van der Waals surface area contributed by atoms with Gasteiger partial charge in [-0.2, -0.15) is 4.98 Å². The van der Waals surface area contributed by atoms with Gasteiger partial charge in [0.15, 0.2) is 5.65 Å². The average Bonchev–Trinajstić information content (AvgIpc) is 2.98. The average molecular weight is 281 g/mol. The van der Waals surface area contributed by atoms with Crippen LogP contribution < -0.4 is 5.32 Å². The lowest BCUT2D eigenvalue weighted by Gasteiger charge is -2.16. The molecule has 0 saturated carbocycles. The predicted octanol–water partition coefficient (Wildman–Crippen LogP) is -0.786. The molecule has 2 aromatic heterocycles. The Morgan fingerprint density at radius 1 is 1.50 bits per heavy atom. The number of aromatic hydroxyl groups is 1. The zero-order valence-electron chi connectivity index (χ0n) is 10.8. The number of rotatable bonds is 3. The summed E-state index contributed by atoms with van der Waals surface area (Å²) in [7, 11) is 1.69. The highest BCUT2D eigenvalue weighted by atomic mass is 16.5. The molecule has 3 atom stereocenters. The second-order valence-electron chi connectivity index (χ2n) is 4.55. The molecule has 3 rings (SSSR count). The summed E-state index contributed by atoms with van der Waals surface area (Å²) in [6, 6.07) is -0.362. The molecule has 4 N–H and O–H groups in total. The van der Waals surface area contributed by atoms with Crippen molar-refractivity contribution < 1.29 is 20.1 Å². The second kappa shape index (κ2) is 4.85. The van der Waals surface area contributed by atoms with Crippen molar-refractivity contribution >= 4 is 17.1 Å². The van der Waals surface area contributed by atoms with Gasteiger partial charge in [0.05, 0.1) is 18.9 Å². The fraction of sp³-hybridized carbons (Fsp3) is 0.545. The van der Waals surface area contributed by atoms with Gasteiger partial charge in [-0.15, -0.1) is 0 Å². The zero-order chi connectivity index (χ0) is 14.3. The highest BCUT2D eigenvalue weighted by molar-refractivity contribution is 5.74. The number of ether oxygens (including phenoxy) is 1. The topological polar surface area (TPSA) is 126 Å². The van der Waals surface area contributed by atoms with E-state index >= 15 is 0 Å². The zero-order valence-corrected chi connectivity index (χ0v) is 10.8. The Hall–Kier alpha value is -1.97. The molecule has 108 valence electrons. The van der Waals surface area contributed by atoms with Gasteiger partial charge >= 0.3 is 6.01 Å². The molecule has 1 aliphatic heterocycles. The first-order valence-electron chi connectivity index (χ1n) is 6.20. The van der Waals surface area contributed by atoms with E-state index in [-0.39, 0.29) is 12.6 Å². The number of imidazole rings is 1. The molecule has 0 aromatic carbocycles. The Bertz CT molecular complexity index is 631. The molecule has 9 heteroatoms. The lowest BCUT2D eigenvalue weighted by atomic mass is 10.2. The molecule has 0 bridgehead atoms. The van der Waals surface area contributed by atoms with Crippen molar-refractivity contribution in [1.82, 2.24) is 19.5 Å². The molecule has 0 amide bonds. The molecule has 9 nitrogen and oxygen atoms in total. The molecule has 3 heterocycles. The standard InChI is InChI=1S/C11H15N5O4/c1-12-10-14-5-3-13-11(19)15-9(5)16(10)8-2-6(18)7(4-17)20-8/h3,6-8,17-18H,2,4H2,1H3,(H,12,14)(H,13,15,19)/t6-,7+,8+/m1/s1. The maximum atomic E-state index is 9.83. The van der Waals surface area contributed by atoms with E-state index in [1.165, 1.54) is 6.20 Å². The van der Waals surface area contributed by atoms with E-state index in [1.807, 2.05) is 0 Å². The van der Waals surface area contributed by atoms with Gasteiger partial charge in [-0.3, -0.25) is 4.57 Å². The maximum Gasteiger partial charge on any atom is 0.315 e. The lowest BCUT2D eigenvalue weighted by Crippen LogP contribution is -2.24. The molecule has 1 fully saturated rings. The van der Waals surface area contributed by atoms with Crippen LogP contribution in [0, 0.1) is 0 Å². The van der Waals surface area contributed by atoms with E-state index in [9.17, 15) is 10.2 Å². The van der Waals surface area contributed by atoms with E-state index in [0.717, 1.165) is 0 Å². The predicted molar refractivity (Wildman–Crippen MR) is 68.2 cm³/mol. The first-order chi connectivity index (χ1) is 9.63. The van der Waals surface area contributed by atoms with Gasteiger partial charge in [0.25, 0.3) is 0 Å². The fourth-order valence-electron chi connectivity index (χ4n) is 2.37. The number of aromatic nitrogens is 4. The Kier molecular flexibility index (Phi) is 3.16. The van der Waals surface area contributed by atoms with Crippen LogP contribution in [0.5, 0.6) is 6.01 Å². The van der Waals surface area contributed by atoms with Gasteiger partial charge in [0.2, 0.25) is 5.95 Å². The summed E-state index contributed by atoms with van der Waals surface area (Å²) in [5, 5.41) is 31.3. The third-order valence-corrected chi connectivity index (χ3v) is 3.32. The van der Waals surface area contributed by atoms with E-state index in [1.54, 1.807) is 11.6 Å². The molecule has 0 spiro atoms. The smallest absolute Gasteiger partial charge is 0.315 e. The van der Waals surface area contributed by atoms with Crippen LogP contribution in [0.4, 0.5) is 5.95 Å². The van der Waals surface area contributed by atoms with Gasteiger partial charge in [-0.05, 0) is 0 Å². The van der Waals surface area contributed by atoms with Crippen LogP contribution in [0.15, 0.2) is 6.20 Å². The van der Waals surface area contributed by atoms with Crippen LogP contribution in [0.2, 0.25) is 0 Å². The molecule has 0 aliphatic carbocycles. The summed E-state index contributed by atoms with van der Waals surface area (Å²) >= 11 is 0. The Balaban J connectivity index is 2.08. The van der Waals surface area contributed by atoms with Crippen molar-refractivity contribution in [3.63, 3.8) is 0 Å². The molecular weight excluding hydrogens is 266 g/mol. The van der Waals surface area contributed by atoms with Crippen molar-refractivity contribution in [2.24, 2.45) is 0 Å². The molecule has 0 unspecified atom stereocenters. The minimum Gasteiger partial charge on any atom is -0.479 e. The Labute approximate surface area is 113 Å². The van der Waals surface area contributed by atoms with Crippen LogP contribution >= 0.6 is 0 Å². The van der Waals surface area contributed by atoms with Gasteiger partial charge in [0, 0.05) is 13.5 Å². The Morgan fingerprint density at radius 3 is 2.95 bits per heavy atom. The molecule has 1 aliphatic rings. The number of nitrogens with one attached hydrogen (secondary N) is 1. The second-order valence-corrected chi connectivity index (χ2v) is 4.55. The SMILES string of the molecule is CNc1nc2cnc(O)nc2n1[C@@H]1C[C@@H](O)[C@H](CO)O1. The van der Waals surface area contributed by atoms with Crippen LogP contribution in [0.3, 0.4) is 0 Å². The molecule has 2 aromatic rings. The summed E-state index contributed by atoms with van der Waals surface area (Å²) in [5.74, 6) is 0.482. The number of hydrogen-bond acceptors (Lipinski definition) is 8. The van der Waals surface area contributed by atoms with E-state index in [4.69, 9.17) is 9.84 Å². The molecular formula is C11H15N5O4. The quantitative estimate of drug-likeness (QED) is 0.577. The first-order valence-corrected chi connectivity index (χ1v) is 6.20. The first kappa shape index (κ1) is 13.0. The van der Waals surface area contributed by atoms with Crippen LogP contribution in [-0.2, 0) is 4.74 Å². The van der Waals surface area contributed by atoms with Crippen molar-refractivity contribution in [3.8, 4) is 6.01 Å². The van der Waals surface area contributed by atoms with Crippen LogP contribution in [0.1, 0.15) is 12.6 Å². The number of aliphatic hydroxyl groups excluding tert-OH is 2. The third kappa shape index (κ3) is 1.96. The number of fused-ring (bicyclic) bond motifs is 1. The highest BCUT2D eigenvalue weighted by Gasteiger charge is 2.36. The summed E-state index contributed by atoms with van der Waals surface area (Å²) in [6.45, 7) is -0.264. The van der Waals surface area contributed by atoms with Crippen molar-refractivity contribution in [2.75, 3.05) is 19.0 Å². The molecule has 1 saturated heterocycles. The molecule has 0 radical (unpaired) electrons. The van der Waals surface area contributed by atoms with E-state index < -0.39 is 18.4 Å². The van der Waals surface area contributed by atoms with Crippen molar-refractivity contribution in [3.05, 3.63) is 6.20 Å². The largest absolute Gasteiger partial charge is 0.479 e. The maximum absolute atomic E-state index is 9.83. The Morgan fingerprint density at radius 2 is 2.30 bits per heavy atom. The fourth-order valence-corrected chi connectivity index (χ4v) is 2.37. The highest BCUT2D eigenvalue weighted by Crippen LogP contribution is 2.33. The normalized spacial score (nSPS) is 26.2. The number of hydrogen-bond donors (Lipinski definition) is 4. The minimum atomic E-state index is -0.761. The lowest BCUT2D eigenvalue weighted by molar-refractivity contribution is -0.0425. The van der Waals surface area contributed by atoms with Gasteiger partial charge < -0.3 is 25.4 Å². The van der Waals surface area contributed by atoms with Crippen molar-refractivity contribution in [2.45, 2.75) is 24.9 Å². The summed E-state index contributed by atoms with van der Waals surface area (Å²) in [4.78, 5) is 11.9. The van der Waals surface area contributed by atoms with Gasteiger partial charge in [-0.1, -0.05) is 0 Å². The van der Waals surface area contributed by atoms with E-state index in [2.05, 4.69) is 20.3 Å². The monoisotopic (exact) mass is 281 g/mol. The summed E-state index contributed by atoms with van der Waals surface area (Å²) in [5.41, 5.74) is 0.898. The minimum absolute atomic E-state index is 0.264. The van der Waals surface area contributed by atoms with Crippen LogP contribution in [0.25, 0.3) is 11.2 Å².